The average Bonchev–Trinajstić information content (AvgIpc) is 3.10. The van der Waals surface area contributed by atoms with Gasteiger partial charge in [0.05, 0.1) is 18.1 Å². The van der Waals surface area contributed by atoms with Crippen molar-refractivity contribution in [2.24, 2.45) is 0 Å². The number of fused-ring (bicyclic) bond motifs is 1. The van der Waals surface area contributed by atoms with Crippen LogP contribution in [-0.2, 0) is 20.2 Å². The molecule has 0 atom stereocenters. The maximum atomic E-state index is 13.6. The van der Waals surface area contributed by atoms with Crippen molar-refractivity contribution in [2.45, 2.75) is 44.9 Å². The Kier molecular flexibility index (Phi) is 6.01. The molecule has 33 heavy (non-hydrogen) atoms. The monoisotopic (exact) mass is 470 g/mol. The second-order valence-corrected chi connectivity index (χ2v) is 11.1. The summed E-state index contributed by atoms with van der Waals surface area (Å²) in [6, 6.07) is 10.9. The topological polar surface area (TPSA) is 88.9 Å². The lowest BCUT2D eigenvalue weighted by Gasteiger charge is -2.26. The first-order valence-corrected chi connectivity index (χ1v) is 12.5. The highest BCUT2D eigenvalue weighted by Gasteiger charge is 2.31. The van der Waals surface area contributed by atoms with E-state index in [1.807, 2.05) is 12.1 Å². The van der Waals surface area contributed by atoms with E-state index in [1.165, 1.54) is 0 Å². The first-order valence-electron chi connectivity index (χ1n) is 11.0. The number of benzene rings is 2. The lowest BCUT2D eigenvalue weighted by atomic mass is 9.85. The van der Waals surface area contributed by atoms with Crippen molar-refractivity contribution in [3.8, 4) is 0 Å². The van der Waals surface area contributed by atoms with Gasteiger partial charge in [-0.3, -0.25) is 9.52 Å². The van der Waals surface area contributed by atoms with Gasteiger partial charge in [-0.05, 0) is 48.1 Å². The largest absolute Gasteiger partial charge is 0.449 e. The highest BCUT2D eigenvalue weighted by atomic mass is 32.2. The summed E-state index contributed by atoms with van der Waals surface area (Å²) in [6.45, 7) is 11.6. The Morgan fingerprint density at radius 2 is 1.64 bits per heavy atom. The minimum Gasteiger partial charge on any atom is -0.449 e. The van der Waals surface area contributed by atoms with Crippen molar-refractivity contribution in [2.75, 3.05) is 31.0 Å². The zero-order chi connectivity index (χ0) is 24.0. The van der Waals surface area contributed by atoms with Gasteiger partial charge in [-0.15, -0.1) is 0 Å². The third-order valence-corrected chi connectivity index (χ3v) is 7.57. The highest BCUT2D eigenvalue weighted by Crippen LogP contribution is 2.35. The van der Waals surface area contributed by atoms with Crippen molar-refractivity contribution in [3.05, 3.63) is 58.8 Å². The molecule has 1 aromatic heterocycles. The van der Waals surface area contributed by atoms with E-state index in [0.717, 1.165) is 5.56 Å². The summed E-state index contributed by atoms with van der Waals surface area (Å²) < 4.78 is 41.1. The number of furan rings is 1. The average molecular weight is 471 g/mol. The van der Waals surface area contributed by atoms with Crippen molar-refractivity contribution in [1.29, 1.82) is 0 Å². The van der Waals surface area contributed by atoms with E-state index in [1.54, 1.807) is 43.0 Å². The Hall–Kier alpha value is -2.84. The van der Waals surface area contributed by atoms with Gasteiger partial charge in [-0.25, -0.2) is 8.42 Å². The number of aryl methyl sites for hydroxylation is 2. The maximum absolute atomic E-state index is 13.6. The van der Waals surface area contributed by atoms with Crippen molar-refractivity contribution < 1.29 is 22.4 Å². The molecule has 8 heteroatoms. The van der Waals surface area contributed by atoms with Crippen LogP contribution in [0, 0.1) is 13.8 Å². The van der Waals surface area contributed by atoms with Crippen LogP contribution in [0.25, 0.3) is 11.0 Å². The van der Waals surface area contributed by atoms with E-state index in [-0.39, 0.29) is 27.7 Å². The Balaban J connectivity index is 1.79. The third kappa shape index (κ3) is 4.50. The number of carbonyl (C=O) groups excluding carboxylic acids is 1. The quantitative estimate of drug-likeness (QED) is 0.601. The molecule has 4 rings (SSSR count). The lowest BCUT2D eigenvalue weighted by molar-refractivity contribution is 0.0285. The van der Waals surface area contributed by atoms with Gasteiger partial charge < -0.3 is 14.1 Å². The summed E-state index contributed by atoms with van der Waals surface area (Å²) in [5.41, 5.74) is 2.88. The number of nitrogens with zero attached hydrogens (tertiary/aromatic N) is 1. The number of anilines is 1. The SMILES string of the molecule is Cc1cc(C(C)(C)C)cc(C)c1S(=O)(=O)Nc1c(C(=O)N2CCOCC2)oc2ccccc12. The summed E-state index contributed by atoms with van der Waals surface area (Å²) in [7, 11) is -3.99. The number of sulfonamides is 1. The van der Waals surface area contributed by atoms with Crippen LogP contribution in [0.3, 0.4) is 0 Å². The molecule has 0 radical (unpaired) electrons. The molecule has 0 spiro atoms. The van der Waals surface area contributed by atoms with Crippen LogP contribution in [0.1, 0.15) is 48.0 Å². The highest BCUT2D eigenvalue weighted by molar-refractivity contribution is 7.92. The Labute approximate surface area is 194 Å². The van der Waals surface area contributed by atoms with Crippen molar-refractivity contribution >= 4 is 32.6 Å². The number of ether oxygens (including phenoxy) is 1. The van der Waals surface area contributed by atoms with Gasteiger partial charge in [0.15, 0.2) is 0 Å². The molecule has 2 heterocycles. The number of amides is 1. The number of morpholine rings is 1. The molecule has 0 saturated carbocycles. The third-order valence-electron chi connectivity index (χ3n) is 5.92. The molecule has 1 saturated heterocycles. The van der Waals surface area contributed by atoms with Crippen LogP contribution >= 0.6 is 0 Å². The Morgan fingerprint density at radius 1 is 1.03 bits per heavy atom. The molecule has 7 nitrogen and oxygen atoms in total. The van der Waals surface area contributed by atoms with Crippen LogP contribution in [-0.4, -0.2) is 45.5 Å². The fourth-order valence-electron chi connectivity index (χ4n) is 4.20. The molecule has 1 fully saturated rings. The van der Waals surface area contributed by atoms with Crippen LogP contribution < -0.4 is 4.72 Å². The molecule has 1 aliphatic heterocycles. The van der Waals surface area contributed by atoms with Gasteiger partial charge in [0.25, 0.3) is 15.9 Å². The summed E-state index contributed by atoms with van der Waals surface area (Å²) in [4.78, 5) is 15.1. The molecular formula is C25H30N2O5S. The van der Waals surface area contributed by atoms with E-state index in [9.17, 15) is 13.2 Å². The summed E-state index contributed by atoms with van der Waals surface area (Å²) in [5, 5.41) is 0.541. The van der Waals surface area contributed by atoms with Crippen LogP contribution in [0.15, 0.2) is 45.7 Å². The molecular weight excluding hydrogens is 440 g/mol. The van der Waals surface area contributed by atoms with E-state index < -0.39 is 10.0 Å². The van der Waals surface area contributed by atoms with E-state index in [0.29, 0.717) is 48.4 Å². The predicted octanol–water partition coefficient (Wildman–Crippen LogP) is 4.62. The lowest BCUT2D eigenvalue weighted by Crippen LogP contribution is -2.40. The first kappa shape index (κ1) is 23.3. The molecule has 1 N–H and O–H groups in total. The zero-order valence-electron chi connectivity index (χ0n) is 19.7. The predicted molar refractivity (Wildman–Crippen MR) is 128 cm³/mol. The van der Waals surface area contributed by atoms with Crippen LogP contribution in [0.4, 0.5) is 5.69 Å². The maximum Gasteiger partial charge on any atom is 0.291 e. The molecule has 0 bridgehead atoms. The number of rotatable bonds is 4. The molecule has 1 amide bonds. The number of nitrogens with one attached hydrogen (secondary N) is 1. The van der Waals surface area contributed by atoms with Crippen molar-refractivity contribution in [1.82, 2.24) is 4.90 Å². The van der Waals surface area contributed by atoms with E-state index >= 15 is 0 Å². The number of carbonyl (C=O) groups is 1. The Morgan fingerprint density at radius 3 is 2.24 bits per heavy atom. The standard InChI is InChI=1S/C25H30N2O5S/c1-16-14-18(25(3,4)5)15-17(2)23(16)33(29,30)26-21-19-8-6-7-9-20(19)32-22(21)24(28)27-10-12-31-13-11-27/h6-9,14-15,26H,10-13H2,1-5H3. The summed E-state index contributed by atoms with van der Waals surface area (Å²) in [5.74, 6) is -0.369. The van der Waals surface area contributed by atoms with Gasteiger partial charge in [0.2, 0.25) is 5.76 Å². The second-order valence-electron chi connectivity index (χ2n) is 9.50. The van der Waals surface area contributed by atoms with Crippen LogP contribution in [0.2, 0.25) is 0 Å². The number of hydrogen-bond donors (Lipinski definition) is 1. The number of hydrogen-bond acceptors (Lipinski definition) is 5. The zero-order valence-corrected chi connectivity index (χ0v) is 20.5. The van der Waals surface area contributed by atoms with Gasteiger partial charge in [0.1, 0.15) is 11.3 Å². The molecule has 0 unspecified atom stereocenters. The minimum atomic E-state index is -3.99. The minimum absolute atomic E-state index is 0.0108. The van der Waals surface area contributed by atoms with Gasteiger partial charge >= 0.3 is 0 Å². The van der Waals surface area contributed by atoms with Gasteiger partial charge in [-0.2, -0.15) is 0 Å². The summed E-state index contributed by atoms with van der Waals surface area (Å²) >= 11 is 0. The van der Waals surface area contributed by atoms with Crippen LogP contribution in [0.5, 0.6) is 0 Å². The summed E-state index contributed by atoms with van der Waals surface area (Å²) in [6.07, 6.45) is 0. The number of para-hydroxylation sites is 1. The molecule has 1 aliphatic rings. The first-order chi connectivity index (χ1) is 15.5. The molecule has 3 aromatic rings. The molecule has 176 valence electrons. The van der Waals surface area contributed by atoms with Gasteiger partial charge in [-0.1, -0.05) is 45.0 Å². The second kappa shape index (κ2) is 8.50. The van der Waals surface area contributed by atoms with Gasteiger partial charge in [0, 0.05) is 18.5 Å². The van der Waals surface area contributed by atoms with Crippen molar-refractivity contribution in [3.63, 3.8) is 0 Å². The normalized spacial score (nSPS) is 15.1. The fourth-order valence-corrected chi connectivity index (χ4v) is 5.74. The fraction of sp³-hybridized carbons (Fsp3) is 0.400. The Bertz CT molecular complexity index is 1290. The van der Waals surface area contributed by atoms with E-state index in [2.05, 4.69) is 25.5 Å². The molecule has 2 aromatic carbocycles. The smallest absolute Gasteiger partial charge is 0.291 e. The van der Waals surface area contributed by atoms with E-state index in [4.69, 9.17) is 9.15 Å². The molecule has 0 aliphatic carbocycles.